The van der Waals surface area contributed by atoms with Crippen molar-refractivity contribution in [2.24, 2.45) is 0 Å². The van der Waals surface area contributed by atoms with Crippen LogP contribution in [0.15, 0.2) is 6.07 Å². The SMILES string of the molecule is CCOC(=O)Cc1c(F)cc(C(=O)OCC)c(F)c1F. The van der Waals surface area contributed by atoms with Gasteiger partial charge < -0.3 is 9.47 Å². The van der Waals surface area contributed by atoms with Crippen LogP contribution in [0.4, 0.5) is 13.2 Å². The maximum Gasteiger partial charge on any atom is 0.341 e. The second-order valence-corrected chi connectivity index (χ2v) is 3.71. The lowest BCUT2D eigenvalue weighted by Gasteiger charge is -2.09. The largest absolute Gasteiger partial charge is 0.466 e. The number of esters is 2. The van der Waals surface area contributed by atoms with Crippen molar-refractivity contribution in [3.8, 4) is 0 Å². The monoisotopic (exact) mass is 290 g/mol. The molecule has 0 N–H and O–H groups in total. The molecule has 0 aromatic heterocycles. The van der Waals surface area contributed by atoms with Crippen LogP contribution < -0.4 is 0 Å². The molecule has 0 bridgehead atoms. The fraction of sp³-hybridized carbons (Fsp3) is 0.385. The predicted molar refractivity (Wildman–Crippen MR) is 62.6 cm³/mol. The van der Waals surface area contributed by atoms with Crippen LogP contribution in [-0.2, 0) is 20.7 Å². The van der Waals surface area contributed by atoms with E-state index in [1.165, 1.54) is 13.8 Å². The highest BCUT2D eigenvalue weighted by atomic mass is 19.2. The Morgan fingerprint density at radius 1 is 1.05 bits per heavy atom. The molecule has 0 saturated carbocycles. The fourth-order valence-corrected chi connectivity index (χ4v) is 1.51. The summed E-state index contributed by atoms with van der Waals surface area (Å²) in [5.41, 5.74) is -1.64. The van der Waals surface area contributed by atoms with E-state index in [4.69, 9.17) is 0 Å². The minimum absolute atomic E-state index is 0.0332. The van der Waals surface area contributed by atoms with Gasteiger partial charge in [-0.05, 0) is 19.9 Å². The van der Waals surface area contributed by atoms with Crippen molar-refractivity contribution in [2.75, 3.05) is 13.2 Å². The molecule has 0 amide bonds. The van der Waals surface area contributed by atoms with Crippen molar-refractivity contribution in [1.82, 2.24) is 0 Å². The van der Waals surface area contributed by atoms with E-state index in [2.05, 4.69) is 9.47 Å². The van der Waals surface area contributed by atoms with Crippen LogP contribution in [0, 0.1) is 17.5 Å². The lowest BCUT2D eigenvalue weighted by atomic mass is 10.1. The molecular formula is C13H13F3O4. The van der Waals surface area contributed by atoms with Gasteiger partial charge in [0, 0.05) is 5.56 Å². The number of carbonyl (C=O) groups is 2. The van der Waals surface area contributed by atoms with E-state index in [1.807, 2.05) is 0 Å². The van der Waals surface area contributed by atoms with Gasteiger partial charge in [-0.25, -0.2) is 18.0 Å². The Bertz CT molecular complexity index is 529. The summed E-state index contributed by atoms with van der Waals surface area (Å²) in [4.78, 5) is 22.5. The van der Waals surface area contributed by atoms with Gasteiger partial charge in [0.1, 0.15) is 11.4 Å². The highest BCUT2D eigenvalue weighted by Crippen LogP contribution is 2.21. The number of hydrogen-bond donors (Lipinski definition) is 0. The van der Waals surface area contributed by atoms with Crippen LogP contribution in [0.2, 0.25) is 0 Å². The molecule has 0 heterocycles. The van der Waals surface area contributed by atoms with Crippen molar-refractivity contribution in [3.63, 3.8) is 0 Å². The van der Waals surface area contributed by atoms with Crippen LogP contribution in [0.1, 0.15) is 29.8 Å². The van der Waals surface area contributed by atoms with Crippen molar-refractivity contribution >= 4 is 11.9 Å². The Labute approximate surface area is 113 Å². The van der Waals surface area contributed by atoms with Crippen LogP contribution >= 0.6 is 0 Å². The van der Waals surface area contributed by atoms with E-state index in [1.54, 1.807) is 0 Å². The van der Waals surface area contributed by atoms with Crippen molar-refractivity contribution < 1.29 is 32.2 Å². The first-order valence-corrected chi connectivity index (χ1v) is 5.91. The Balaban J connectivity index is 3.15. The number of halogens is 3. The van der Waals surface area contributed by atoms with Gasteiger partial charge in [-0.3, -0.25) is 4.79 Å². The van der Waals surface area contributed by atoms with Gasteiger partial charge in [0.05, 0.1) is 19.6 Å². The Morgan fingerprint density at radius 3 is 2.20 bits per heavy atom. The maximum absolute atomic E-state index is 13.7. The summed E-state index contributed by atoms with van der Waals surface area (Å²) >= 11 is 0. The number of carbonyl (C=O) groups excluding carboxylic acids is 2. The molecular weight excluding hydrogens is 277 g/mol. The predicted octanol–water partition coefficient (Wildman–Crippen LogP) is 2.39. The van der Waals surface area contributed by atoms with Crippen LogP contribution in [0.5, 0.6) is 0 Å². The fourth-order valence-electron chi connectivity index (χ4n) is 1.51. The quantitative estimate of drug-likeness (QED) is 0.617. The highest BCUT2D eigenvalue weighted by Gasteiger charge is 2.25. The summed E-state index contributed by atoms with van der Waals surface area (Å²) in [7, 11) is 0. The zero-order chi connectivity index (χ0) is 15.3. The summed E-state index contributed by atoms with van der Waals surface area (Å²) < 4.78 is 50.0. The Hall–Kier alpha value is -2.05. The van der Waals surface area contributed by atoms with Gasteiger partial charge in [-0.1, -0.05) is 0 Å². The Morgan fingerprint density at radius 2 is 1.65 bits per heavy atom. The van der Waals surface area contributed by atoms with Crippen LogP contribution in [0.3, 0.4) is 0 Å². The van der Waals surface area contributed by atoms with Gasteiger partial charge in [-0.15, -0.1) is 0 Å². The molecule has 0 saturated heterocycles. The van der Waals surface area contributed by atoms with Gasteiger partial charge in [0.15, 0.2) is 11.6 Å². The average molecular weight is 290 g/mol. The third-order valence-electron chi connectivity index (χ3n) is 2.38. The molecule has 7 heteroatoms. The van der Waals surface area contributed by atoms with Gasteiger partial charge in [-0.2, -0.15) is 0 Å². The lowest BCUT2D eigenvalue weighted by Crippen LogP contribution is -2.15. The van der Waals surface area contributed by atoms with Crippen molar-refractivity contribution in [1.29, 1.82) is 0 Å². The maximum atomic E-state index is 13.7. The second kappa shape index (κ2) is 6.93. The summed E-state index contributed by atoms with van der Waals surface area (Å²) in [6.07, 6.45) is -0.758. The molecule has 4 nitrogen and oxygen atoms in total. The number of hydrogen-bond acceptors (Lipinski definition) is 4. The summed E-state index contributed by atoms with van der Waals surface area (Å²) in [5.74, 6) is -6.43. The molecule has 0 atom stereocenters. The average Bonchev–Trinajstić information content (AvgIpc) is 2.39. The third kappa shape index (κ3) is 3.49. The molecule has 0 unspecified atom stereocenters. The third-order valence-corrected chi connectivity index (χ3v) is 2.38. The normalized spacial score (nSPS) is 10.2. The molecule has 0 aliphatic heterocycles. The molecule has 0 aliphatic carbocycles. The molecule has 1 rings (SSSR count). The summed E-state index contributed by atoms with van der Waals surface area (Å²) in [5, 5.41) is 0. The molecule has 1 aromatic rings. The zero-order valence-corrected chi connectivity index (χ0v) is 11.0. The smallest absolute Gasteiger partial charge is 0.341 e. The zero-order valence-electron chi connectivity index (χ0n) is 11.0. The van der Waals surface area contributed by atoms with Gasteiger partial charge >= 0.3 is 11.9 Å². The summed E-state index contributed by atoms with van der Waals surface area (Å²) in [6, 6.07) is 0.505. The molecule has 0 fully saturated rings. The molecule has 0 aliphatic rings. The van der Waals surface area contributed by atoms with Crippen molar-refractivity contribution in [3.05, 3.63) is 34.6 Å². The van der Waals surface area contributed by atoms with E-state index in [-0.39, 0.29) is 13.2 Å². The van der Waals surface area contributed by atoms with Crippen LogP contribution in [-0.4, -0.2) is 25.2 Å². The first-order chi connectivity index (χ1) is 9.42. The summed E-state index contributed by atoms with van der Waals surface area (Å²) in [6.45, 7) is 2.96. The highest BCUT2D eigenvalue weighted by molar-refractivity contribution is 5.90. The second-order valence-electron chi connectivity index (χ2n) is 3.71. The Kier molecular flexibility index (Phi) is 5.54. The molecule has 110 valence electrons. The van der Waals surface area contributed by atoms with E-state index in [0.717, 1.165) is 0 Å². The van der Waals surface area contributed by atoms with E-state index in [9.17, 15) is 22.8 Å². The van der Waals surface area contributed by atoms with Gasteiger partial charge in [0.25, 0.3) is 0 Å². The van der Waals surface area contributed by atoms with Gasteiger partial charge in [0.2, 0.25) is 0 Å². The number of rotatable bonds is 5. The van der Waals surface area contributed by atoms with Crippen LogP contribution in [0.25, 0.3) is 0 Å². The molecule has 1 aromatic carbocycles. The molecule has 0 radical (unpaired) electrons. The van der Waals surface area contributed by atoms with E-state index in [0.29, 0.717) is 6.07 Å². The topological polar surface area (TPSA) is 52.6 Å². The van der Waals surface area contributed by atoms with E-state index < -0.39 is 46.9 Å². The first-order valence-electron chi connectivity index (χ1n) is 5.91. The number of benzene rings is 1. The number of ether oxygens (including phenoxy) is 2. The lowest BCUT2D eigenvalue weighted by molar-refractivity contribution is -0.142. The molecule has 20 heavy (non-hydrogen) atoms. The minimum Gasteiger partial charge on any atom is -0.466 e. The van der Waals surface area contributed by atoms with Crippen molar-refractivity contribution in [2.45, 2.75) is 20.3 Å². The first kappa shape index (κ1) is 16.0. The minimum atomic E-state index is -1.60. The standard InChI is InChI=1S/C13H13F3O4/c1-3-19-10(17)6-7-9(14)5-8(12(16)11(7)15)13(18)20-4-2/h5H,3-4,6H2,1-2H3. The van der Waals surface area contributed by atoms with E-state index >= 15 is 0 Å². The molecule has 0 spiro atoms.